The number of rotatable bonds is 7. The van der Waals surface area contributed by atoms with Crippen LogP contribution in [0.4, 0.5) is 5.69 Å². The molecule has 0 unspecified atom stereocenters. The monoisotopic (exact) mass is 380 g/mol. The summed E-state index contributed by atoms with van der Waals surface area (Å²) in [5.74, 6) is -1.68. The molecule has 1 aromatic heterocycles. The minimum atomic E-state index is -0.616. The number of amides is 1. The molecule has 2 aromatic carbocycles. The number of esters is 2. The van der Waals surface area contributed by atoms with Gasteiger partial charge in [-0.1, -0.05) is 36.4 Å². The molecule has 7 heteroatoms. The van der Waals surface area contributed by atoms with Crippen LogP contribution in [0.15, 0.2) is 60.8 Å². The molecule has 0 fully saturated rings. The second-order valence-electron chi connectivity index (χ2n) is 5.94. The topological polar surface area (TPSA) is 88.7 Å². The van der Waals surface area contributed by atoms with Crippen molar-refractivity contribution in [2.75, 3.05) is 24.7 Å². The maximum absolute atomic E-state index is 12.7. The van der Waals surface area contributed by atoms with Gasteiger partial charge in [0.25, 0.3) is 5.91 Å². The van der Waals surface area contributed by atoms with Crippen molar-refractivity contribution in [2.45, 2.75) is 6.92 Å². The third-order valence-corrected chi connectivity index (χ3v) is 4.10. The molecule has 28 heavy (non-hydrogen) atoms. The van der Waals surface area contributed by atoms with Gasteiger partial charge in [-0.3, -0.25) is 14.5 Å². The summed E-state index contributed by atoms with van der Waals surface area (Å²) in [5, 5.41) is 0.714. The molecule has 0 saturated heterocycles. The van der Waals surface area contributed by atoms with Crippen LogP contribution in [0.1, 0.15) is 17.3 Å². The van der Waals surface area contributed by atoms with Crippen molar-refractivity contribution in [2.24, 2.45) is 0 Å². The number of ether oxygens (including phenoxy) is 2. The lowest BCUT2D eigenvalue weighted by atomic mass is 10.2. The van der Waals surface area contributed by atoms with Gasteiger partial charge >= 0.3 is 11.9 Å². The number of hydrogen-bond acceptors (Lipinski definition) is 5. The second kappa shape index (κ2) is 8.85. The zero-order chi connectivity index (χ0) is 19.9. The number of aromatic amines is 1. The van der Waals surface area contributed by atoms with Crippen molar-refractivity contribution in [3.63, 3.8) is 0 Å². The largest absolute Gasteiger partial charge is 0.465 e. The summed E-state index contributed by atoms with van der Waals surface area (Å²) in [6, 6.07) is 16.0. The van der Waals surface area contributed by atoms with E-state index in [1.54, 1.807) is 49.5 Å². The van der Waals surface area contributed by atoms with Gasteiger partial charge in [0.1, 0.15) is 6.54 Å². The van der Waals surface area contributed by atoms with Gasteiger partial charge in [-0.25, -0.2) is 4.79 Å². The van der Waals surface area contributed by atoms with E-state index in [1.165, 1.54) is 4.90 Å². The first kappa shape index (κ1) is 19.2. The number of para-hydroxylation sites is 2. The summed E-state index contributed by atoms with van der Waals surface area (Å²) in [7, 11) is 0. The molecule has 0 radical (unpaired) electrons. The van der Waals surface area contributed by atoms with Gasteiger partial charge in [0.15, 0.2) is 6.61 Å². The van der Waals surface area contributed by atoms with Crippen LogP contribution in [0.25, 0.3) is 10.9 Å². The maximum Gasteiger partial charge on any atom is 0.340 e. The van der Waals surface area contributed by atoms with Gasteiger partial charge in [0.2, 0.25) is 0 Å². The van der Waals surface area contributed by atoms with Gasteiger partial charge in [0.05, 0.1) is 12.2 Å². The lowest BCUT2D eigenvalue weighted by Crippen LogP contribution is -2.39. The van der Waals surface area contributed by atoms with Crippen molar-refractivity contribution in [3.05, 3.63) is 66.4 Å². The fourth-order valence-corrected chi connectivity index (χ4v) is 2.79. The first-order valence-corrected chi connectivity index (χ1v) is 8.84. The molecule has 144 valence electrons. The first-order chi connectivity index (χ1) is 13.6. The number of hydrogen-bond donors (Lipinski definition) is 1. The Morgan fingerprint density at radius 1 is 0.964 bits per heavy atom. The third-order valence-electron chi connectivity index (χ3n) is 4.10. The molecular formula is C21H20N2O5. The molecule has 3 aromatic rings. The minimum Gasteiger partial charge on any atom is -0.465 e. The predicted octanol–water partition coefficient (Wildman–Crippen LogP) is 2.92. The molecule has 0 aliphatic carbocycles. The molecular weight excluding hydrogens is 360 g/mol. The van der Waals surface area contributed by atoms with Crippen LogP contribution in [0.5, 0.6) is 0 Å². The molecule has 1 amide bonds. The van der Waals surface area contributed by atoms with Gasteiger partial charge < -0.3 is 14.5 Å². The van der Waals surface area contributed by atoms with Crippen LogP contribution < -0.4 is 4.90 Å². The Morgan fingerprint density at radius 2 is 1.68 bits per heavy atom. The van der Waals surface area contributed by atoms with Gasteiger partial charge in [-0.15, -0.1) is 0 Å². The number of fused-ring (bicyclic) bond motifs is 1. The number of anilines is 1. The van der Waals surface area contributed by atoms with Gasteiger partial charge in [-0.05, 0) is 25.1 Å². The average molecular weight is 380 g/mol. The Kier molecular flexibility index (Phi) is 6.06. The molecule has 0 aliphatic heterocycles. The minimum absolute atomic E-state index is 0.213. The molecule has 0 saturated carbocycles. The fourth-order valence-electron chi connectivity index (χ4n) is 2.79. The van der Waals surface area contributed by atoms with E-state index >= 15 is 0 Å². The zero-order valence-electron chi connectivity index (χ0n) is 15.4. The van der Waals surface area contributed by atoms with Crippen LogP contribution in [0.2, 0.25) is 0 Å². The summed E-state index contributed by atoms with van der Waals surface area (Å²) >= 11 is 0. The number of nitrogens with zero attached hydrogens (tertiary/aromatic N) is 1. The molecule has 0 spiro atoms. The molecule has 7 nitrogen and oxygen atoms in total. The summed E-state index contributed by atoms with van der Waals surface area (Å²) in [6.07, 6.45) is 1.55. The van der Waals surface area contributed by atoms with E-state index in [4.69, 9.17) is 9.47 Å². The smallest absolute Gasteiger partial charge is 0.340 e. The molecule has 1 heterocycles. The zero-order valence-corrected chi connectivity index (χ0v) is 15.4. The highest BCUT2D eigenvalue weighted by Crippen LogP contribution is 2.19. The fraction of sp³-hybridized carbons (Fsp3) is 0.190. The summed E-state index contributed by atoms with van der Waals surface area (Å²) in [5.41, 5.74) is 1.66. The Bertz CT molecular complexity index is 981. The van der Waals surface area contributed by atoms with Crippen molar-refractivity contribution in [1.29, 1.82) is 0 Å². The van der Waals surface area contributed by atoms with E-state index in [1.807, 2.05) is 18.2 Å². The lowest BCUT2D eigenvalue weighted by molar-refractivity contribution is -0.142. The van der Waals surface area contributed by atoms with E-state index < -0.39 is 24.5 Å². The number of nitrogens with one attached hydrogen (secondary N) is 1. The molecule has 0 atom stereocenters. The van der Waals surface area contributed by atoms with Crippen LogP contribution in [-0.4, -0.2) is 42.6 Å². The Labute approximate surface area is 161 Å². The standard InChI is InChI=1S/C21H20N2O5/c1-2-27-20(25)13-23(15-8-4-3-5-9-15)19(24)14-28-21(26)17-12-22-18-11-7-6-10-16(17)18/h3-12,22H,2,13-14H2,1H3. The normalized spacial score (nSPS) is 10.5. The number of carbonyl (C=O) groups is 3. The predicted molar refractivity (Wildman–Crippen MR) is 104 cm³/mol. The van der Waals surface area contributed by atoms with Crippen LogP contribution in [-0.2, 0) is 19.1 Å². The lowest BCUT2D eigenvalue weighted by Gasteiger charge is -2.21. The van der Waals surface area contributed by atoms with Crippen LogP contribution >= 0.6 is 0 Å². The SMILES string of the molecule is CCOC(=O)CN(C(=O)COC(=O)c1c[nH]c2ccccc12)c1ccccc1. The second-order valence-corrected chi connectivity index (χ2v) is 5.94. The van der Waals surface area contributed by atoms with E-state index in [0.717, 1.165) is 5.52 Å². The average Bonchev–Trinajstić information content (AvgIpc) is 3.15. The first-order valence-electron chi connectivity index (χ1n) is 8.84. The van der Waals surface area contributed by atoms with Crippen molar-refractivity contribution in [1.82, 2.24) is 4.98 Å². The quantitative estimate of drug-likeness (QED) is 0.637. The molecule has 0 bridgehead atoms. The molecule has 0 aliphatic rings. The van der Waals surface area contributed by atoms with E-state index in [2.05, 4.69) is 4.98 Å². The van der Waals surface area contributed by atoms with E-state index in [0.29, 0.717) is 16.6 Å². The van der Waals surface area contributed by atoms with Gasteiger partial charge in [-0.2, -0.15) is 0 Å². The number of H-pyrrole nitrogens is 1. The van der Waals surface area contributed by atoms with E-state index in [9.17, 15) is 14.4 Å². The van der Waals surface area contributed by atoms with E-state index in [-0.39, 0.29) is 13.2 Å². The van der Waals surface area contributed by atoms with Crippen LogP contribution in [0.3, 0.4) is 0 Å². The highest BCUT2D eigenvalue weighted by molar-refractivity contribution is 6.05. The summed E-state index contributed by atoms with van der Waals surface area (Å²) < 4.78 is 10.1. The van der Waals surface area contributed by atoms with Crippen molar-refractivity contribution >= 4 is 34.4 Å². The summed E-state index contributed by atoms with van der Waals surface area (Å²) in [6.45, 7) is 1.15. The Balaban J connectivity index is 1.71. The number of benzene rings is 2. The molecule has 3 rings (SSSR count). The molecule has 1 N–H and O–H groups in total. The van der Waals surface area contributed by atoms with Crippen LogP contribution in [0, 0.1) is 0 Å². The summed E-state index contributed by atoms with van der Waals surface area (Å²) in [4.78, 5) is 41.2. The maximum atomic E-state index is 12.7. The number of aromatic nitrogens is 1. The third kappa shape index (κ3) is 4.37. The van der Waals surface area contributed by atoms with Gasteiger partial charge in [0, 0.05) is 22.8 Å². The van der Waals surface area contributed by atoms with Crippen molar-refractivity contribution in [3.8, 4) is 0 Å². The number of carbonyl (C=O) groups excluding carboxylic acids is 3. The highest BCUT2D eigenvalue weighted by atomic mass is 16.5. The Hall–Kier alpha value is -3.61. The highest BCUT2D eigenvalue weighted by Gasteiger charge is 2.22. The Morgan fingerprint density at radius 3 is 2.43 bits per heavy atom. The van der Waals surface area contributed by atoms with Crippen molar-refractivity contribution < 1.29 is 23.9 Å².